The molecule has 1 aliphatic rings. The van der Waals surface area contributed by atoms with Crippen LogP contribution in [-0.2, 0) is 0 Å². The maximum absolute atomic E-state index is 13.3. The fourth-order valence-electron chi connectivity index (χ4n) is 2.72. The summed E-state index contributed by atoms with van der Waals surface area (Å²) in [5, 5.41) is 0. The molecule has 0 aromatic heterocycles. The van der Waals surface area contributed by atoms with Crippen molar-refractivity contribution in [3.63, 3.8) is 0 Å². The van der Waals surface area contributed by atoms with Crippen LogP contribution in [0.15, 0.2) is 18.2 Å². The molecule has 17 heavy (non-hydrogen) atoms. The second kappa shape index (κ2) is 5.47. The highest BCUT2D eigenvalue weighted by Crippen LogP contribution is 2.38. The van der Waals surface area contributed by atoms with Crippen LogP contribution in [0.2, 0.25) is 0 Å². The molecule has 0 spiro atoms. The Kier molecular flexibility index (Phi) is 3.97. The summed E-state index contributed by atoms with van der Waals surface area (Å²) in [6, 6.07) is 4.55. The number of hydrogen-bond acceptors (Lipinski definition) is 3. The molecule has 3 nitrogen and oxygen atoms in total. The highest BCUT2D eigenvalue weighted by atomic mass is 19.1. The Bertz CT molecular complexity index is 378. The number of nitrogens with one attached hydrogen (secondary N) is 1. The standard InChI is InChI=1S/C13H19FN2O/c1-17-12-7-6-10(14)8-11(12)13(16-15)9-4-2-3-5-9/h6-9,13,16H,2-5,15H2,1H3. The normalized spacial score (nSPS) is 18.3. The molecule has 0 radical (unpaired) electrons. The fourth-order valence-corrected chi connectivity index (χ4v) is 2.72. The van der Waals surface area contributed by atoms with Crippen molar-refractivity contribution in [2.75, 3.05) is 7.11 Å². The maximum atomic E-state index is 13.3. The Morgan fingerprint density at radius 1 is 1.41 bits per heavy atom. The van der Waals surface area contributed by atoms with Gasteiger partial charge in [0.05, 0.1) is 13.2 Å². The summed E-state index contributed by atoms with van der Waals surface area (Å²) in [6.45, 7) is 0. The van der Waals surface area contributed by atoms with Gasteiger partial charge in [-0.25, -0.2) is 4.39 Å². The first kappa shape index (κ1) is 12.3. The van der Waals surface area contributed by atoms with Gasteiger partial charge >= 0.3 is 0 Å². The van der Waals surface area contributed by atoms with Gasteiger partial charge in [0, 0.05) is 5.56 Å². The van der Waals surface area contributed by atoms with Crippen LogP contribution in [-0.4, -0.2) is 7.11 Å². The smallest absolute Gasteiger partial charge is 0.123 e. The van der Waals surface area contributed by atoms with Crippen molar-refractivity contribution in [2.45, 2.75) is 31.7 Å². The first-order valence-electron chi connectivity index (χ1n) is 6.06. The lowest BCUT2D eigenvalue weighted by molar-refractivity contribution is 0.347. The largest absolute Gasteiger partial charge is 0.496 e. The Balaban J connectivity index is 2.31. The molecule has 1 unspecified atom stereocenters. The van der Waals surface area contributed by atoms with Gasteiger partial charge in [0.1, 0.15) is 11.6 Å². The van der Waals surface area contributed by atoms with Crippen molar-refractivity contribution in [3.05, 3.63) is 29.6 Å². The summed E-state index contributed by atoms with van der Waals surface area (Å²) in [5.74, 6) is 6.54. The van der Waals surface area contributed by atoms with E-state index in [1.54, 1.807) is 13.2 Å². The first-order chi connectivity index (χ1) is 8.26. The van der Waals surface area contributed by atoms with Crippen molar-refractivity contribution >= 4 is 0 Å². The molecule has 4 heteroatoms. The number of hydrazine groups is 1. The number of hydrogen-bond donors (Lipinski definition) is 2. The van der Waals surface area contributed by atoms with E-state index < -0.39 is 0 Å². The molecule has 94 valence electrons. The monoisotopic (exact) mass is 238 g/mol. The number of nitrogens with two attached hydrogens (primary N) is 1. The van der Waals surface area contributed by atoms with Gasteiger partial charge in [-0.15, -0.1) is 0 Å². The summed E-state index contributed by atoms with van der Waals surface area (Å²) in [7, 11) is 1.60. The van der Waals surface area contributed by atoms with E-state index in [2.05, 4.69) is 5.43 Å². The summed E-state index contributed by atoms with van der Waals surface area (Å²) in [5.41, 5.74) is 3.64. The predicted octanol–water partition coefficient (Wildman–Crippen LogP) is 2.53. The van der Waals surface area contributed by atoms with E-state index in [0.717, 1.165) is 18.4 Å². The molecule has 2 rings (SSSR count). The Morgan fingerprint density at radius 2 is 2.12 bits per heavy atom. The minimum absolute atomic E-state index is 0.0249. The van der Waals surface area contributed by atoms with Crippen LogP contribution in [0, 0.1) is 11.7 Å². The van der Waals surface area contributed by atoms with Gasteiger partial charge < -0.3 is 4.74 Å². The molecule has 0 amide bonds. The summed E-state index contributed by atoms with van der Waals surface area (Å²) in [6.07, 6.45) is 4.71. The second-order valence-electron chi connectivity index (χ2n) is 4.58. The third kappa shape index (κ3) is 2.58. The molecular weight excluding hydrogens is 219 g/mol. The SMILES string of the molecule is COc1ccc(F)cc1C(NN)C1CCCC1. The van der Waals surface area contributed by atoms with Crippen LogP contribution < -0.4 is 16.0 Å². The van der Waals surface area contributed by atoms with Crippen molar-refractivity contribution in [1.82, 2.24) is 5.43 Å². The Hall–Kier alpha value is -1.13. The van der Waals surface area contributed by atoms with Crippen LogP contribution in [0.3, 0.4) is 0 Å². The van der Waals surface area contributed by atoms with E-state index in [4.69, 9.17) is 10.6 Å². The van der Waals surface area contributed by atoms with Crippen LogP contribution in [0.25, 0.3) is 0 Å². The highest BCUT2D eigenvalue weighted by molar-refractivity contribution is 5.37. The molecule has 3 N–H and O–H groups in total. The lowest BCUT2D eigenvalue weighted by Gasteiger charge is -2.24. The van der Waals surface area contributed by atoms with Crippen molar-refractivity contribution in [2.24, 2.45) is 11.8 Å². The minimum Gasteiger partial charge on any atom is -0.496 e. The molecule has 1 saturated carbocycles. The van der Waals surface area contributed by atoms with Gasteiger partial charge in [-0.3, -0.25) is 11.3 Å². The van der Waals surface area contributed by atoms with E-state index in [1.807, 2.05) is 0 Å². The molecular formula is C13H19FN2O. The molecule has 0 bridgehead atoms. The fraction of sp³-hybridized carbons (Fsp3) is 0.538. The molecule has 0 aliphatic heterocycles. The van der Waals surface area contributed by atoms with Crippen molar-refractivity contribution in [3.8, 4) is 5.75 Å². The molecule has 1 fully saturated rings. The average molecular weight is 238 g/mol. The number of methoxy groups -OCH3 is 1. The van der Waals surface area contributed by atoms with Crippen LogP contribution in [0.1, 0.15) is 37.3 Å². The zero-order valence-corrected chi connectivity index (χ0v) is 10.1. The maximum Gasteiger partial charge on any atom is 0.123 e. The Labute approximate surface area is 101 Å². The zero-order valence-electron chi connectivity index (χ0n) is 10.1. The number of ether oxygens (including phenoxy) is 1. The summed E-state index contributed by atoms with van der Waals surface area (Å²) >= 11 is 0. The molecule has 1 aliphatic carbocycles. The number of halogens is 1. The van der Waals surface area contributed by atoms with E-state index in [0.29, 0.717) is 11.7 Å². The molecule has 0 saturated heterocycles. The third-order valence-electron chi connectivity index (χ3n) is 3.58. The van der Waals surface area contributed by atoms with Crippen molar-refractivity contribution in [1.29, 1.82) is 0 Å². The van der Waals surface area contributed by atoms with Gasteiger partial charge in [-0.2, -0.15) is 0 Å². The van der Waals surface area contributed by atoms with E-state index in [1.165, 1.54) is 25.0 Å². The Morgan fingerprint density at radius 3 is 2.71 bits per heavy atom. The number of rotatable bonds is 4. The number of benzene rings is 1. The van der Waals surface area contributed by atoms with Crippen molar-refractivity contribution < 1.29 is 9.13 Å². The van der Waals surface area contributed by atoms with Gasteiger partial charge in [0.25, 0.3) is 0 Å². The molecule has 1 aromatic carbocycles. The van der Waals surface area contributed by atoms with Crippen LogP contribution in [0.5, 0.6) is 5.75 Å². The van der Waals surface area contributed by atoms with Gasteiger partial charge in [-0.1, -0.05) is 12.8 Å². The van der Waals surface area contributed by atoms with Gasteiger partial charge in [0.15, 0.2) is 0 Å². The van der Waals surface area contributed by atoms with Crippen LogP contribution in [0.4, 0.5) is 4.39 Å². The second-order valence-corrected chi connectivity index (χ2v) is 4.58. The van der Waals surface area contributed by atoms with E-state index >= 15 is 0 Å². The molecule has 1 atom stereocenters. The highest BCUT2D eigenvalue weighted by Gasteiger charge is 2.27. The van der Waals surface area contributed by atoms with E-state index in [9.17, 15) is 4.39 Å². The molecule has 1 aromatic rings. The topological polar surface area (TPSA) is 47.3 Å². The first-order valence-corrected chi connectivity index (χ1v) is 6.06. The molecule has 0 heterocycles. The summed E-state index contributed by atoms with van der Waals surface area (Å²) < 4.78 is 18.6. The zero-order chi connectivity index (χ0) is 12.3. The third-order valence-corrected chi connectivity index (χ3v) is 3.58. The quantitative estimate of drug-likeness (QED) is 0.626. The van der Waals surface area contributed by atoms with Crippen LogP contribution >= 0.6 is 0 Å². The minimum atomic E-state index is -0.251. The van der Waals surface area contributed by atoms with Gasteiger partial charge in [-0.05, 0) is 37.0 Å². The lowest BCUT2D eigenvalue weighted by atomic mass is 9.91. The van der Waals surface area contributed by atoms with E-state index in [-0.39, 0.29) is 11.9 Å². The summed E-state index contributed by atoms with van der Waals surface area (Å²) in [4.78, 5) is 0. The predicted molar refractivity (Wildman–Crippen MR) is 65.0 cm³/mol. The van der Waals surface area contributed by atoms with Gasteiger partial charge in [0.2, 0.25) is 0 Å². The lowest BCUT2D eigenvalue weighted by Crippen LogP contribution is -2.33. The average Bonchev–Trinajstić information content (AvgIpc) is 2.84.